The van der Waals surface area contributed by atoms with Gasteiger partial charge in [-0.1, -0.05) is 18.2 Å². The first-order valence-corrected chi connectivity index (χ1v) is 10.5. The molecule has 0 aliphatic carbocycles. The van der Waals surface area contributed by atoms with Crippen molar-refractivity contribution >= 4 is 5.78 Å². The molecular formula is C24H24N6O3. The SMILES string of the molecule is COCCC(=O)Cc1cnc(-c2cccc(Cc3nn(-c4cnn(C)c4)ccc3=O)c2)nc1. The van der Waals surface area contributed by atoms with Crippen molar-refractivity contribution in [2.75, 3.05) is 13.7 Å². The van der Waals surface area contributed by atoms with Crippen LogP contribution in [0, 0.1) is 0 Å². The second-order valence-electron chi connectivity index (χ2n) is 7.69. The minimum absolute atomic E-state index is 0.0856. The van der Waals surface area contributed by atoms with Crippen molar-refractivity contribution in [3.63, 3.8) is 0 Å². The van der Waals surface area contributed by atoms with Crippen molar-refractivity contribution in [1.29, 1.82) is 0 Å². The molecule has 0 saturated heterocycles. The molecule has 0 aliphatic heterocycles. The van der Waals surface area contributed by atoms with E-state index in [1.165, 1.54) is 6.07 Å². The topological polar surface area (TPSA) is 105 Å². The third kappa shape index (κ3) is 5.64. The van der Waals surface area contributed by atoms with Crippen molar-refractivity contribution in [3.8, 4) is 17.1 Å². The summed E-state index contributed by atoms with van der Waals surface area (Å²) < 4.78 is 8.26. The first-order chi connectivity index (χ1) is 16.0. The molecule has 0 N–H and O–H groups in total. The Hall–Kier alpha value is -3.98. The van der Waals surface area contributed by atoms with Gasteiger partial charge in [-0.3, -0.25) is 14.3 Å². The second-order valence-corrected chi connectivity index (χ2v) is 7.69. The van der Waals surface area contributed by atoms with Crippen LogP contribution in [0.1, 0.15) is 23.2 Å². The highest BCUT2D eigenvalue weighted by molar-refractivity contribution is 5.80. The summed E-state index contributed by atoms with van der Waals surface area (Å²) in [4.78, 5) is 33.2. The average Bonchev–Trinajstić information content (AvgIpc) is 3.26. The fraction of sp³-hybridized carbons (Fsp3) is 0.250. The van der Waals surface area contributed by atoms with Crippen LogP contribution < -0.4 is 5.43 Å². The Balaban J connectivity index is 1.51. The molecule has 0 aliphatic rings. The highest BCUT2D eigenvalue weighted by Crippen LogP contribution is 2.18. The molecule has 33 heavy (non-hydrogen) atoms. The number of nitrogens with zero attached hydrogens (tertiary/aromatic N) is 6. The standard InChI is InChI=1S/C24H24N6O3/c1-29-16-20(15-27-29)30-8-6-23(32)22(28-30)12-17-4-3-5-19(10-17)24-25-13-18(14-26-24)11-21(31)7-9-33-2/h3-6,8,10,13-16H,7,9,11-12H2,1-2H3. The Labute approximate surface area is 190 Å². The fourth-order valence-electron chi connectivity index (χ4n) is 3.38. The minimum atomic E-state index is -0.126. The molecule has 168 valence electrons. The minimum Gasteiger partial charge on any atom is -0.384 e. The molecule has 0 fully saturated rings. The number of hydrogen-bond donors (Lipinski definition) is 0. The largest absolute Gasteiger partial charge is 0.384 e. The summed E-state index contributed by atoms with van der Waals surface area (Å²) in [5.74, 6) is 0.640. The lowest BCUT2D eigenvalue weighted by Gasteiger charge is -2.07. The van der Waals surface area contributed by atoms with E-state index in [0.29, 0.717) is 31.0 Å². The van der Waals surface area contributed by atoms with Gasteiger partial charge in [0, 0.05) is 63.6 Å². The van der Waals surface area contributed by atoms with Crippen molar-refractivity contribution in [1.82, 2.24) is 29.5 Å². The van der Waals surface area contributed by atoms with Crippen LogP contribution in [0.3, 0.4) is 0 Å². The maximum Gasteiger partial charge on any atom is 0.203 e. The van der Waals surface area contributed by atoms with Gasteiger partial charge in [-0.2, -0.15) is 10.2 Å². The van der Waals surface area contributed by atoms with Gasteiger partial charge in [-0.25, -0.2) is 14.6 Å². The molecule has 0 bridgehead atoms. The van der Waals surface area contributed by atoms with Gasteiger partial charge >= 0.3 is 0 Å². The first-order valence-electron chi connectivity index (χ1n) is 10.5. The number of rotatable bonds is 9. The maximum absolute atomic E-state index is 12.4. The van der Waals surface area contributed by atoms with Crippen molar-refractivity contribution in [3.05, 3.63) is 88.4 Å². The molecule has 0 amide bonds. The number of aromatic nitrogens is 6. The normalized spacial score (nSPS) is 11.0. The van der Waals surface area contributed by atoms with E-state index < -0.39 is 0 Å². The molecule has 9 nitrogen and oxygen atoms in total. The molecule has 1 aromatic carbocycles. The quantitative estimate of drug-likeness (QED) is 0.390. The molecule has 0 spiro atoms. The number of aryl methyl sites for hydroxylation is 1. The summed E-state index contributed by atoms with van der Waals surface area (Å²) in [7, 11) is 3.40. The number of Topliss-reactive ketones (excluding diaryl/α,β-unsaturated/α-hetero) is 1. The van der Waals surface area contributed by atoms with E-state index in [4.69, 9.17) is 4.74 Å². The van der Waals surface area contributed by atoms with Gasteiger partial charge in [0.15, 0.2) is 5.82 Å². The number of carbonyl (C=O) groups is 1. The van der Waals surface area contributed by atoms with Gasteiger partial charge in [0.05, 0.1) is 19.0 Å². The Morgan fingerprint density at radius 2 is 1.91 bits per heavy atom. The van der Waals surface area contributed by atoms with Gasteiger partial charge in [0.2, 0.25) is 5.43 Å². The summed E-state index contributed by atoms with van der Waals surface area (Å²) in [5, 5.41) is 8.64. The number of benzene rings is 1. The zero-order valence-corrected chi connectivity index (χ0v) is 18.5. The Kier molecular flexibility index (Phi) is 6.80. The number of hydrogen-bond acceptors (Lipinski definition) is 7. The smallest absolute Gasteiger partial charge is 0.203 e. The van der Waals surface area contributed by atoms with Crippen LogP contribution in [0.2, 0.25) is 0 Å². The van der Waals surface area contributed by atoms with E-state index >= 15 is 0 Å². The highest BCUT2D eigenvalue weighted by Gasteiger charge is 2.10. The lowest BCUT2D eigenvalue weighted by atomic mass is 10.1. The third-order valence-electron chi connectivity index (χ3n) is 5.08. The van der Waals surface area contributed by atoms with Crippen LogP contribution in [-0.2, 0) is 29.4 Å². The van der Waals surface area contributed by atoms with E-state index in [2.05, 4.69) is 20.2 Å². The van der Waals surface area contributed by atoms with Crippen LogP contribution in [0.4, 0.5) is 0 Å². The zero-order valence-electron chi connectivity index (χ0n) is 18.5. The highest BCUT2D eigenvalue weighted by atomic mass is 16.5. The van der Waals surface area contributed by atoms with Gasteiger partial charge in [-0.15, -0.1) is 0 Å². The van der Waals surface area contributed by atoms with E-state index in [1.54, 1.807) is 41.3 Å². The van der Waals surface area contributed by atoms with Crippen LogP contribution >= 0.6 is 0 Å². The Morgan fingerprint density at radius 1 is 1.09 bits per heavy atom. The summed E-state index contributed by atoms with van der Waals surface area (Å²) >= 11 is 0. The average molecular weight is 444 g/mol. The molecule has 3 aromatic heterocycles. The van der Waals surface area contributed by atoms with E-state index in [9.17, 15) is 9.59 Å². The lowest BCUT2D eigenvalue weighted by molar-refractivity contribution is -0.119. The summed E-state index contributed by atoms with van der Waals surface area (Å²) in [6, 6.07) is 9.21. The molecule has 9 heteroatoms. The van der Waals surface area contributed by atoms with Gasteiger partial charge in [0.25, 0.3) is 0 Å². The zero-order chi connectivity index (χ0) is 23.2. The lowest BCUT2D eigenvalue weighted by Crippen LogP contribution is -2.16. The Morgan fingerprint density at radius 3 is 2.64 bits per heavy atom. The van der Waals surface area contributed by atoms with Gasteiger partial charge in [0.1, 0.15) is 17.2 Å². The summed E-state index contributed by atoms with van der Waals surface area (Å²) in [6.07, 6.45) is 9.52. The summed E-state index contributed by atoms with van der Waals surface area (Å²) in [6.45, 7) is 0.411. The van der Waals surface area contributed by atoms with Crippen LogP contribution in [-0.4, -0.2) is 49.0 Å². The second kappa shape index (κ2) is 10.1. The van der Waals surface area contributed by atoms with Crippen molar-refractivity contribution < 1.29 is 9.53 Å². The predicted molar refractivity (Wildman–Crippen MR) is 122 cm³/mol. The summed E-state index contributed by atoms with van der Waals surface area (Å²) in [5.41, 5.74) is 3.60. The van der Waals surface area contributed by atoms with Crippen molar-refractivity contribution in [2.45, 2.75) is 19.3 Å². The monoisotopic (exact) mass is 444 g/mol. The molecule has 3 heterocycles. The molecule has 0 saturated carbocycles. The number of ketones is 1. The number of methoxy groups -OCH3 is 1. The van der Waals surface area contributed by atoms with E-state index in [0.717, 1.165) is 22.4 Å². The first kappa shape index (κ1) is 22.2. The molecule has 4 rings (SSSR count). The van der Waals surface area contributed by atoms with Gasteiger partial charge < -0.3 is 4.74 Å². The molecule has 4 aromatic rings. The number of ether oxygens (including phenoxy) is 1. The molecule has 0 unspecified atom stereocenters. The van der Waals surface area contributed by atoms with Crippen LogP contribution in [0.25, 0.3) is 17.1 Å². The van der Waals surface area contributed by atoms with Gasteiger partial charge in [-0.05, 0) is 17.2 Å². The van der Waals surface area contributed by atoms with E-state index in [1.807, 2.05) is 37.5 Å². The predicted octanol–water partition coefficient (Wildman–Crippen LogP) is 2.16. The fourth-order valence-corrected chi connectivity index (χ4v) is 3.38. The Bertz CT molecular complexity index is 1310. The molecular weight excluding hydrogens is 420 g/mol. The third-order valence-corrected chi connectivity index (χ3v) is 5.08. The molecule has 0 atom stereocenters. The number of carbonyl (C=O) groups excluding carboxylic acids is 1. The van der Waals surface area contributed by atoms with Crippen LogP contribution in [0.15, 0.2) is 66.1 Å². The molecule has 0 radical (unpaired) electrons. The van der Waals surface area contributed by atoms with Crippen molar-refractivity contribution in [2.24, 2.45) is 7.05 Å². The van der Waals surface area contributed by atoms with Crippen LogP contribution in [0.5, 0.6) is 0 Å². The van der Waals surface area contributed by atoms with E-state index in [-0.39, 0.29) is 17.6 Å². The maximum atomic E-state index is 12.4.